The number of amides is 1. The van der Waals surface area contributed by atoms with Crippen LogP contribution in [0.25, 0.3) is 6.08 Å². The fourth-order valence-electron chi connectivity index (χ4n) is 3.60. The molecule has 0 unspecified atom stereocenters. The second-order valence-corrected chi connectivity index (χ2v) is 6.95. The van der Waals surface area contributed by atoms with E-state index in [-0.39, 0.29) is 5.91 Å². The number of nitrogens with one attached hydrogen (secondary N) is 2. The molecule has 0 aromatic carbocycles. The van der Waals surface area contributed by atoms with Crippen molar-refractivity contribution in [1.82, 2.24) is 25.3 Å². The van der Waals surface area contributed by atoms with Crippen molar-refractivity contribution in [2.45, 2.75) is 32.2 Å². The molecule has 0 spiro atoms. The van der Waals surface area contributed by atoms with Gasteiger partial charge in [0.2, 0.25) is 0 Å². The number of carbonyl (C=O) groups excluding carboxylic acids is 1. The Morgan fingerprint density at radius 3 is 2.73 bits per heavy atom. The third-order valence-corrected chi connectivity index (χ3v) is 4.75. The molecule has 1 aliphatic heterocycles. The lowest BCUT2D eigenvalue weighted by Gasteiger charge is -2.15. The highest BCUT2D eigenvalue weighted by Gasteiger charge is 2.27. The van der Waals surface area contributed by atoms with Crippen molar-refractivity contribution in [3.05, 3.63) is 52.4 Å². The molecule has 0 saturated carbocycles. The van der Waals surface area contributed by atoms with E-state index in [1.807, 2.05) is 6.08 Å². The average Bonchev–Trinajstić information content (AvgIpc) is 3.17. The largest absolute Gasteiger partial charge is 0.358 e. The van der Waals surface area contributed by atoms with E-state index >= 15 is 0 Å². The predicted molar refractivity (Wildman–Crippen MR) is 99.5 cm³/mol. The quantitative estimate of drug-likeness (QED) is 0.821. The Hall–Kier alpha value is -2.80. The Bertz CT molecular complexity index is 894. The van der Waals surface area contributed by atoms with E-state index in [0.29, 0.717) is 17.1 Å². The lowest BCUT2D eigenvalue weighted by atomic mass is 9.94. The van der Waals surface area contributed by atoms with Crippen LogP contribution in [0.1, 0.15) is 41.2 Å². The Morgan fingerprint density at radius 2 is 1.96 bits per heavy atom. The molecular formula is C19H22N6O. The molecule has 2 N–H and O–H groups in total. The molecular weight excluding hydrogens is 328 g/mol. The van der Waals surface area contributed by atoms with E-state index in [9.17, 15) is 4.79 Å². The molecule has 26 heavy (non-hydrogen) atoms. The second kappa shape index (κ2) is 6.84. The minimum Gasteiger partial charge on any atom is -0.358 e. The van der Waals surface area contributed by atoms with Crippen LogP contribution in [0.5, 0.6) is 0 Å². The zero-order valence-electron chi connectivity index (χ0n) is 15.0. The molecule has 2 aliphatic rings. The second-order valence-electron chi connectivity index (χ2n) is 6.95. The van der Waals surface area contributed by atoms with Crippen molar-refractivity contribution >= 4 is 17.7 Å². The van der Waals surface area contributed by atoms with Gasteiger partial charge in [-0.2, -0.15) is 5.10 Å². The first-order chi connectivity index (χ1) is 12.6. The zero-order valence-corrected chi connectivity index (χ0v) is 15.0. The molecule has 3 heterocycles. The number of H-pyrrole nitrogens is 1. The van der Waals surface area contributed by atoms with Gasteiger partial charge >= 0.3 is 0 Å². The lowest BCUT2D eigenvalue weighted by Crippen LogP contribution is -2.16. The maximum atomic E-state index is 12.4. The SMILES string of the molecule is CN(C)Cc1c(C=C2C(=O)NN=C2c2ncccn2)[nH]c2c1CCCC2. The van der Waals surface area contributed by atoms with Gasteiger partial charge in [-0.1, -0.05) is 0 Å². The van der Waals surface area contributed by atoms with E-state index in [0.717, 1.165) is 25.1 Å². The fraction of sp³-hybridized carbons (Fsp3) is 0.368. The van der Waals surface area contributed by atoms with E-state index in [4.69, 9.17) is 0 Å². The van der Waals surface area contributed by atoms with Crippen molar-refractivity contribution in [1.29, 1.82) is 0 Å². The van der Waals surface area contributed by atoms with E-state index in [2.05, 4.69) is 44.5 Å². The molecule has 0 atom stereocenters. The van der Waals surface area contributed by atoms with Gasteiger partial charge in [0.25, 0.3) is 5.91 Å². The number of hydrazone groups is 1. The van der Waals surface area contributed by atoms with Crippen LogP contribution >= 0.6 is 0 Å². The molecule has 1 aliphatic carbocycles. The summed E-state index contributed by atoms with van der Waals surface area (Å²) in [6.45, 7) is 0.834. The minimum absolute atomic E-state index is 0.226. The summed E-state index contributed by atoms with van der Waals surface area (Å²) < 4.78 is 0. The summed E-state index contributed by atoms with van der Waals surface area (Å²) in [4.78, 5) is 26.5. The predicted octanol–water partition coefficient (Wildman–Crippen LogP) is 1.66. The topological polar surface area (TPSA) is 86.3 Å². The van der Waals surface area contributed by atoms with Crippen molar-refractivity contribution in [2.24, 2.45) is 5.10 Å². The Kier molecular flexibility index (Phi) is 4.38. The molecule has 7 heteroatoms. The lowest BCUT2D eigenvalue weighted by molar-refractivity contribution is -0.116. The summed E-state index contributed by atoms with van der Waals surface area (Å²) in [5.41, 5.74) is 8.48. The number of hydrogen-bond donors (Lipinski definition) is 2. The first kappa shape index (κ1) is 16.7. The number of rotatable bonds is 4. The summed E-state index contributed by atoms with van der Waals surface area (Å²) in [5.74, 6) is 0.221. The maximum absolute atomic E-state index is 12.4. The first-order valence-electron chi connectivity index (χ1n) is 8.88. The molecule has 4 rings (SSSR count). The number of hydrogen-bond acceptors (Lipinski definition) is 5. The van der Waals surface area contributed by atoms with Gasteiger partial charge in [-0.15, -0.1) is 0 Å². The summed E-state index contributed by atoms with van der Waals surface area (Å²) in [6.07, 6.45) is 9.77. The van der Waals surface area contributed by atoms with Gasteiger partial charge in [-0.25, -0.2) is 15.4 Å². The molecule has 7 nitrogen and oxygen atoms in total. The van der Waals surface area contributed by atoms with Crippen molar-refractivity contribution < 1.29 is 4.79 Å². The van der Waals surface area contributed by atoms with E-state index in [1.54, 1.807) is 18.5 Å². The molecule has 134 valence electrons. The minimum atomic E-state index is -0.226. The van der Waals surface area contributed by atoms with Crippen LogP contribution in [0.2, 0.25) is 0 Å². The van der Waals surface area contributed by atoms with Crippen LogP contribution in [-0.2, 0) is 24.2 Å². The maximum Gasteiger partial charge on any atom is 0.273 e. The van der Waals surface area contributed by atoms with Gasteiger partial charge in [0.15, 0.2) is 5.82 Å². The normalized spacial score (nSPS) is 18.2. The van der Waals surface area contributed by atoms with Gasteiger partial charge in [0.05, 0.1) is 5.57 Å². The zero-order chi connectivity index (χ0) is 18.1. The molecule has 1 amide bonds. The van der Waals surface area contributed by atoms with Crippen LogP contribution in [0, 0.1) is 0 Å². The van der Waals surface area contributed by atoms with Crippen LogP contribution < -0.4 is 5.43 Å². The molecule has 0 saturated heterocycles. The number of aromatic amines is 1. The van der Waals surface area contributed by atoms with Gasteiger partial charge in [0, 0.05) is 30.3 Å². The highest BCUT2D eigenvalue weighted by molar-refractivity contribution is 6.32. The number of nitrogens with zero attached hydrogens (tertiary/aromatic N) is 4. The van der Waals surface area contributed by atoms with Crippen LogP contribution in [-0.4, -0.2) is 45.6 Å². The molecule has 2 aromatic heterocycles. The van der Waals surface area contributed by atoms with Crippen molar-refractivity contribution in [3.63, 3.8) is 0 Å². The van der Waals surface area contributed by atoms with Crippen molar-refractivity contribution in [2.75, 3.05) is 14.1 Å². The van der Waals surface area contributed by atoms with E-state index < -0.39 is 0 Å². The van der Waals surface area contributed by atoms with E-state index in [1.165, 1.54) is 29.7 Å². The smallest absolute Gasteiger partial charge is 0.273 e. The number of aryl methyl sites for hydroxylation is 1. The molecule has 2 aromatic rings. The fourth-order valence-corrected chi connectivity index (χ4v) is 3.60. The average molecular weight is 350 g/mol. The molecule has 0 radical (unpaired) electrons. The summed E-state index contributed by atoms with van der Waals surface area (Å²) in [5, 5.41) is 4.14. The number of fused-ring (bicyclic) bond motifs is 1. The molecule has 0 fully saturated rings. The van der Waals surface area contributed by atoms with Crippen LogP contribution in [0.15, 0.2) is 29.1 Å². The Balaban J connectivity index is 1.78. The van der Waals surface area contributed by atoms with Crippen LogP contribution in [0.3, 0.4) is 0 Å². The number of carbonyl (C=O) groups is 1. The highest BCUT2D eigenvalue weighted by Crippen LogP contribution is 2.29. The van der Waals surface area contributed by atoms with Crippen molar-refractivity contribution in [3.8, 4) is 0 Å². The van der Waals surface area contributed by atoms with Gasteiger partial charge < -0.3 is 9.88 Å². The van der Waals surface area contributed by atoms with Gasteiger partial charge in [-0.3, -0.25) is 4.79 Å². The first-order valence-corrected chi connectivity index (χ1v) is 8.88. The molecule has 0 bridgehead atoms. The standard InChI is InChI=1S/C19H22N6O/c1-25(2)11-14-12-6-3-4-7-15(12)22-16(14)10-13-17(23-24-19(13)26)18-20-8-5-9-21-18/h5,8-10,22H,3-4,6-7,11H2,1-2H3,(H,24,26). The Labute approximate surface area is 152 Å². The third kappa shape index (κ3) is 3.06. The van der Waals surface area contributed by atoms with Gasteiger partial charge in [-0.05, 0) is 63.0 Å². The van der Waals surface area contributed by atoms with Crippen LogP contribution in [0.4, 0.5) is 0 Å². The summed E-state index contributed by atoms with van der Waals surface area (Å²) >= 11 is 0. The monoisotopic (exact) mass is 350 g/mol. The summed E-state index contributed by atoms with van der Waals surface area (Å²) in [6, 6.07) is 1.74. The summed E-state index contributed by atoms with van der Waals surface area (Å²) in [7, 11) is 4.12. The highest BCUT2D eigenvalue weighted by atomic mass is 16.2. The number of aromatic nitrogens is 3. The van der Waals surface area contributed by atoms with Gasteiger partial charge in [0.1, 0.15) is 5.71 Å². The third-order valence-electron chi connectivity index (χ3n) is 4.75. The Morgan fingerprint density at radius 1 is 1.19 bits per heavy atom.